The Morgan fingerprint density at radius 2 is 2.43 bits per heavy atom. The molecule has 21 heavy (non-hydrogen) atoms. The molecule has 1 fully saturated rings. The minimum Gasteiger partial charge on any atom is -0.376 e. The average Bonchev–Trinajstić information content (AvgIpc) is 2.53. The second kappa shape index (κ2) is 7.77. The van der Waals surface area contributed by atoms with E-state index in [1.54, 1.807) is 24.3 Å². The first-order valence-corrected chi connectivity index (χ1v) is 7.35. The maximum Gasteiger partial charge on any atom is 0.225 e. The topological polar surface area (TPSA) is 65.4 Å². The minimum absolute atomic E-state index is 0.0235. The van der Waals surface area contributed by atoms with Crippen molar-refractivity contribution in [1.82, 2.24) is 4.90 Å². The van der Waals surface area contributed by atoms with Crippen LogP contribution in [0.5, 0.6) is 0 Å². The summed E-state index contributed by atoms with van der Waals surface area (Å²) in [5.74, 6) is -0.0235. The number of hydrogen-bond acceptors (Lipinski definition) is 4. The molecule has 1 aromatic carbocycles. The van der Waals surface area contributed by atoms with Gasteiger partial charge >= 0.3 is 0 Å². The van der Waals surface area contributed by atoms with Crippen LogP contribution in [0.2, 0.25) is 0 Å². The molecule has 0 bridgehead atoms. The van der Waals surface area contributed by atoms with Crippen molar-refractivity contribution in [2.24, 2.45) is 0 Å². The van der Waals surface area contributed by atoms with Gasteiger partial charge in [0.1, 0.15) is 0 Å². The maximum absolute atomic E-state index is 12.0. The van der Waals surface area contributed by atoms with Crippen LogP contribution in [0, 0.1) is 11.3 Å². The van der Waals surface area contributed by atoms with E-state index in [2.05, 4.69) is 23.2 Å². The van der Waals surface area contributed by atoms with Crippen molar-refractivity contribution >= 4 is 11.6 Å². The van der Waals surface area contributed by atoms with Crippen molar-refractivity contribution < 1.29 is 9.53 Å². The minimum atomic E-state index is -0.0235. The molecule has 1 aromatic rings. The van der Waals surface area contributed by atoms with Crippen LogP contribution in [0.3, 0.4) is 0 Å². The zero-order chi connectivity index (χ0) is 15.1. The van der Waals surface area contributed by atoms with E-state index in [4.69, 9.17) is 10.00 Å². The van der Waals surface area contributed by atoms with Crippen LogP contribution in [-0.2, 0) is 9.53 Å². The molecule has 0 spiro atoms. The predicted molar refractivity (Wildman–Crippen MR) is 80.9 cm³/mol. The smallest absolute Gasteiger partial charge is 0.225 e. The summed E-state index contributed by atoms with van der Waals surface area (Å²) in [6, 6.07) is 9.02. The fourth-order valence-electron chi connectivity index (χ4n) is 2.38. The van der Waals surface area contributed by atoms with Crippen LogP contribution in [0.25, 0.3) is 0 Å². The molecule has 1 saturated heterocycles. The van der Waals surface area contributed by atoms with Crippen LogP contribution < -0.4 is 5.32 Å². The molecule has 112 valence electrons. The van der Waals surface area contributed by atoms with Crippen LogP contribution in [-0.4, -0.2) is 43.2 Å². The Morgan fingerprint density at radius 1 is 1.57 bits per heavy atom. The molecule has 0 radical (unpaired) electrons. The zero-order valence-electron chi connectivity index (χ0n) is 12.3. The number of ether oxygens (including phenoxy) is 1. The number of nitrogens with one attached hydrogen (secondary N) is 1. The summed E-state index contributed by atoms with van der Waals surface area (Å²) in [7, 11) is 0. The second-order valence-electron chi connectivity index (χ2n) is 5.19. The molecule has 0 aromatic heterocycles. The largest absolute Gasteiger partial charge is 0.376 e. The quantitative estimate of drug-likeness (QED) is 0.899. The first-order valence-electron chi connectivity index (χ1n) is 7.35. The molecule has 1 unspecified atom stereocenters. The Bertz CT molecular complexity index is 524. The van der Waals surface area contributed by atoms with E-state index >= 15 is 0 Å². The summed E-state index contributed by atoms with van der Waals surface area (Å²) in [4.78, 5) is 14.2. The first-order chi connectivity index (χ1) is 10.2. The number of carbonyl (C=O) groups is 1. The van der Waals surface area contributed by atoms with Gasteiger partial charge in [0.15, 0.2) is 0 Å². The molecule has 1 aliphatic rings. The van der Waals surface area contributed by atoms with Gasteiger partial charge in [0, 0.05) is 31.7 Å². The summed E-state index contributed by atoms with van der Waals surface area (Å²) in [5, 5.41) is 11.7. The van der Waals surface area contributed by atoms with E-state index in [-0.39, 0.29) is 12.0 Å². The number of morpholine rings is 1. The van der Waals surface area contributed by atoms with Crippen LogP contribution in [0.4, 0.5) is 5.69 Å². The highest BCUT2D eigenvalue weighted by Gasteiger charge is 2.19. The third kappa shape index (κ3) is 4.85. The highest BCUT2D eigenvalue weighted by molar-refractivity contribution is 5.90. The normalized spacial score (nSPS) is 19.0. The maximum atomic E-state index is 12.0. The fourth-order valence-corrected chi connectivity index (χ4v) is 2.38. The van der Waals surface area contributed by atoms with Gasteiger partial charge in [-0.2, -0.15) is 5.26 Å². The zero-order valence-corrected chi connectivity index (χ0v) is 12.3. The summed E-state index contributed by atoms with van der Waals surface area (Å²) >= 11 is 0. The van der Waals surface area contributed by atoms with Gasteiger partial charge in [0.05, 0.1) is 24.3 Å². The Labute approximate surface area is 125 Å². The molecular formula is C16H21N3O2. The lowest BCUT2D eigenvalue weighted by atomic mass is 10.2. The third-order valence-corrected chi connectivity index (χ3v) is 3.61. The lowest BCUT2D eigenvalue weighted by Crippen LogP contribution is -2.43. The summed E-state index contributed by atoms with van der Waals surface area (Å²) < 4.78 is 5.61. The van der Waals surface area contributed by atoms with Gasteiger partial charge in [0.25, 0.3) is 0 Å². The van der Waals surface area contributed by atoms with Crippen molar-refractivity contribution in [2.75, 3.05) is 31.6 Å². The molecule has 1 N–H and O–H groups in total. The highest BCUT2D eigenvalue weighted by atomic mass is 16.5. The number of hydrogen-bond donors (Lipinski definition) is 1. The van der Waals surface area contributed by atoms with Crippen molar-refractivity contribution in [1.29, 1.82) is 5.26 Å². The fraction of sp³-hybridized carbons (Fsp3) is 0.500. The van der Waals surface area contributed by atoms with E-state index in [1.165, 1.54) is 0 Å². The average molecular weight is 287 g/mol. The van der Waals surface area contributed by atoms with Crippen molar-refractivity contribution in [3.63, 3.8) is 0 Å². The molecular weight excluding hydrogens is 266 g/mol. The molecule has 5 heteroatoms. The summed E-state index contributed by atoms with van der Waals surface area (Å²) in [5.41, 5.74) is 1.22. The van der Waals surface area contributed by atoms with Gasteiger partial charge in [-0.3, -0.25) is 9.69 Å². The lowest BCUT2D eigenvalue weighted by Gasteiger charge is -2.32. The molecule has 1 heterocycles. The van der Waals surface area contributed by atoms with Crippen molar-refractivity contribution in [3.8, 4) is 6.07 Å². The van der Waals surface area contributed by atoms with Crippen LogP contribution in [0.15, 0.2) is 24.3 Å². The van der Waals surface area contributed by atoms with E-state index < -0.39 is 0 Å². The Hall–Kier alpha value is -1.90. The van der Waals surface area contributed by atoms with Gasteiger partial charge in [-0.15, -0.1) is 0 Å². The van der Waals surface area contributed by atoms with E-state index in [0.717, 1.165) is 32.7 Å². The second-order valence-corrected chi connectivity index (χ2v) is 5.19. The molecule has 0 aliphatic carbocycles. The first kappa shape index (κ1) is 15.5. The monoisotopic (exact) mass is 287 g/mol. The molecule has 1 amide bonds. The number of amides is 1. The summed E-state index contributed by atoms with van der Waals surface area (Å²) in [6.07, 6.45) is 1.74. The third-order valence-electron chi connectivity index (χ3n) is 3.61. The SMILES string of the molecule is CCC1CN(CCC(=O)Nc2cccc(C#N)c2)CCO1. The number of nitriles is 1. The Morgan fingerprint density at radius 3 is 3.19 bits per heavy atom. The molecule has 2 rings (SSSR count). The van der Waals surface area contributed by atoms with Crippen LogP contribution in [0.1, 0.15) is 25.3 Å². The summed E-state index contributed by atoms with van der Waals surface area (Å²) in [6.45, 7) is 5.37. The molecule has 0 saturated carbocycles. The number of rotatable bonds is 5. The molecule has 1 atom stereocenters. The standard InChI is InChI=1S/C16H21N3O2/c1-2-15-12-19(8-9-21-15)7-6-16(20)18-14-5-3-4-13(10-14)11-17/h3-5,10,15H,2,6-9,12H2,1H3,(H,18,20). The molecule has 1 aliphatic heterocycles. The lowest BCUT2D eigenvalue weighted by molar-refractivity contribution is -0.117. The van der Waals surface area contributed by atoms with Crippen molar-refractivity contribution in [3.05, 3.63) is 29.8 Å². The van der Waals surface area contributed by atoms with Gasteiger partial charge in [-0.1, -0.05) is 13.0 Å². The number of nitrogens with zero attached hydrogens (tertiary/aromatic N) is 2. The Balaban J connectivity index is 1.78. The van der Waals surface area contributed by atoms with Gasteiger partial charge in [0.2, 0.25) is 5.91 Å². The molecule has 5 nitrogen and oxygen atoms in total. The highest BCUT2D eigenvalue weighted by Crippen LogP contribution is 2.11. The van der Waals surface area contributed by atoms with Gasteiger partial charge < -0.3 is 10.1 Å². The Kier molecular flexibility index (Phi) is 5.73. The van der Waals surface area contributed by atoms with E-state index in [1.807, 2.05) is 0 Å². The number of carbonyl (C=O) groups excluding carboxylic acids is 1. The van der Waals surface area contributed by atoms with Gasteiger partial charge in [-0.25, -0.2) is 0 Å². The number of benzene rings is 1. The number of anilines is 1. The predicted octanol–water partition coefficient (Wildman–Crippen LogP) is 2.00. The van der Waals surface area contributed by atoms with Crippen molar-refractivity contribution in [2.45, 2.75) is 25.9 Å². The van der Waals surface area contributed by atoms with E-state index in [9.17, 15) is 4.79 Å². The van der Waals surface area contributed by atoms with Crippen LogP contribution >= 0.6 is 0 Å². The van der Waals surface area contributed by atoms with Gasteiger partial charge in [-0.05, 0) is 24.6 Å². The van der Waals surface area contributed by atoms with E-state index in [0.29, 0.717) is 17.7 Å².